The van der Waals surface area contributed by atoms with Gasteiger partial charge >= 0.3 is 0 Å². The number of halogens is 2. The highest BCUT2D eigenvalue weighted by Gasteiger charge is 2.09. The highest BCUT2D eigenvalue weighted by molar-refractivity contribution is 5.85. The fourth-order valence-corrected chi connectivity index (χ4v) is 1.51. The van der Waals surface area contributed by atoms with Crippen LogP contribution in [-0.2, 0) is 0 Å². The Labute approximate surface area is 99.5 Å². The second kappa shape index (κ2) is 4.53. The Bertz CT molecular complexity index is 508. The number of nitrogens with two attached hydrogens (primary N) is 1. The molecule has 3 nitrogen and oxygen atoms in total. The van der Waals surface area contributed by atoms with Gasteiger partial charge in [0.15, 0.2) is 0 Å². The Morgan fingerprint density at radius 3 is 2.50 bits per heavy atom. The van der Waals surface area contributed by atoms with Gasteiger partial charge in [-0.2, -0.15) is 5.10 Å². The van der Waals surface area contributed by atoms with Crippen molar-refractivity contribution in [3.05, 3.63) is 41.5 Å². The second-order valence-electron chi connectivity index (χ2n) is 3.48. The summed E-state index contributed by atoms with van der Waals surface area (Å²) in [6, 6.07) is 6.27. The van der Waals surface area contributed by atoms with Gasteiger partial charge in [-0.05, 0) is 32.0 Å². The number of hydrogen-bond acceptors (Lipinski definition) is 2. The number of benzene rings is 1. The number of aryl methyl sites for hydroxylation is 1. The van der Waals surface area contributed by atoms with Crippen LogP contribution in [0, 0.1) is 19.7 Å². The molecule has 0 aliphatic rings. The number of aromatic nitrogens is 2. The molecule has 0 unspecified atom stereocenters. The zero-order valence-corrected chi connectivity index (χ0v) is 9.88. The lowest BCUT2D eigenvalue weighted by atomic mass is 10.3. The number of anilines is 1. The highest BCUT2D eigenvalue weighted by Crippen LogP contribution is 2.19. The molecular formula is C11H13ClFN3. The van der Waals surface area contributed by atoms with E-state index in [4.69, 9.17) is 5.73 Å². The summed E-state index contributed by atoms with van der Waals surface area (Å²) in [5.41, 5.74) is 8.73. The molecule has 0 saturated carbocycles. The van der Waals surface area contributed by atoms with Gasteiger partial charge in [0.25, 0.3) is 0 Å². The van der Waals surface area contributed by atoms with Gasteiger partial charge in [0, 0.05) is 0 Å². The topological polar surface area (TPSA) is 43.8 Å². The molecule has 0 aliphatic heterocycles. The van der Waals surface area contributed by atoms with E-state index in [1.807, 2.05) is 13.8 Å². The van der Waals surface area contributed by atoms with E-state index in [2.05, 4.69) is 5.10 Å². The maximum atomic E-state index is 13.0. The molecule has 0 saturated heterocycles. The molecule has 16 heavy (non-hydrogen) atoms. The normalized spacial score (nSPS) is 9.94. The van der Waals surface area contributed by atoms with Crippen LogP contribution in [0.3, 0.4) is 0 Å². The first kappa shape index (κ1) is 12.5. The average Bonchev–Trinajstić information content (AvgIpc) is 2.46. The molecule has 86 valence electrons. The third-order valence-corrected chi connectivity index (χ3v) is 2.40. The van der Waals surface area contributed by atoms with Crippen molar-refractivity contribution in [3.8, 4) is 5.69 Å². The van der Waals surface area contributed by atoms with Crippen molar-refractivity contribution >= 4 is 18.1 Å². The van der Waals surface area contributed by atoms with Crippen LogP contribution < -0.4 is 5.73 Å². The van der Waals surface area contributed by atoms with Gasteiger partial charge in [-0.15, -0.1) is 12.4 Å². The molecule has 0 bridgehead atoms. The van der Waals surface area contributed by atoms with E-state index in [0.717, 1.165) is 11.4 Å². The van der Waals surface area contributed by atoms with Crippen molar-refractivity contribution in [1.29, 1.82) is 0 Å². The van der Waals surface area contributed by atoms with Gasteiger partial charge in [0.05, 0.1) is 22.8 Å². The van der Waals surface area contributed by atoms with Crippen molar-refractivity contribution in [2.75, 3.05) is 5.73 Å². The Morgan fingerprint density at radius 1 is 1.31 bits per heavy atom. The number of nitrogens with zero attached hydrogens (tertiary/aromatic N) is 2. The van der Waals surface area contributed by atoms with Crippen molar-refractivity contribution in [2.45, 2.75) is 13.8 Å². The monoisotopic (exact) mass is 241 g/mol. The van der Waals surface area contributed by atoms with Gasteiger partial charge in [-0.1, -0.05) is 6.07 Å². The summed E-state index contributed by atoms with van der Waals surface area (Å²) in [7, 11) is 0. The molecule has 0 spiro atoms. The molecule has 1 heterocycles. The van der Waals surface area contributed by atoms with E-state index in [-0.39, 0.29) is 18.2 Å². The van der Waals surface area contributed by atoms with E-state index < -0.39 is 0 Å². The van der Waals surface area contributed by atoms with Crippen molar-refractivity contribution in [1.82, 2.24) is 9.78 Å². The van der Waals surface area contributed by atoms with Gasteiger partial charge in [0.1, 0.15) is 5.82 Å². The molecule has 2 aromatic rings. The smallest absolute Gasteiger partial charge is 0.125 e. The first-order valence-electron chi connectivity index (χ1n) is 4.67. The van der Waals surface area contributed by atoms with Gasteiger partial charge in [-0.3, -0.25) is 0 Å². The number of hydrogen-bond donors (Lipinski definition) is 1. The molecule has 5 heteroatoms. The molecular weight excluding hydrogens is 229 g/mol. The Kier molecular flexibility index (Phi) is 3.55. The Balaban J connectivity index is 0.00000128. The van der Waals surface area contributed by atoms with Crippen molar-refractivity contribution in [3.63, 3.8) is 0 Å². The number of nitrogen functional groups attached to an aromatic ring is 1. The third kappa shape index (κ3) is 2.02. The molecule has 0 atom stereocenters. The van der Waals surface area contributed by atoms with Gasteiger partial charge in [-0.25, -0.2) is 9.07 Å². The van der Waals surface area contributed by atoms with E-state index in [9.17, 15) is 4.39 Å². The minimum atomic E-state index is -0.279. The van der Waals surface area contributed by atoms with E-state index in [0.29, 0.717) is 11.4 Å². The Morgan fingerprint density at radius 2 is 2.00 bits per heavy atom. The molecule has 1 aromatic carbocycles. The number of rotatable bonds is 1. The summed E-state index contributed by atoms with van der Waals surface area (Å²) in [4.78, 5) is 0. The SMILES string of the molecule is Cc1nn(-c2cccc(F)c2)c(C)c1N.Cl. The van der Waals surface area contributed by atoms with Crippen molar-refractivity contribution < 1.29 is 4.39 Å². The molecule has 0 fully saturated rings. The third-order valence-electron chi connectivity index (χ3n) is 2.40. The van der Waals surface area contributed by atoms with Gasteiger partial charge < -0.3 is 5.73 Å². The molecule has 1 aromatic heterocycles. The predicted molar refractivity (Wildman–Crippen MR) is 64.7 cm³/mol. The summed E-state index contributed by atoms with van der Waals surface area (Å²) in [5.74, 6) is -0.279. The summed E-state index contributed by atoms with van der Waals surface area (Å²) >= 11 is 0. The second-order valence-corrected chi connectivity index (χ2v) is 3.48. The average molecular weight is 242 g/mol. The molecule has 2 rings (SSSR count). The lowest BCUT2D eigenvalue weighted by Gasteiger charge is -2.03. The minimum absolute atomic E-state index is 0. The van der Waals surface area contributed by atoms with Gasteiger partial charge in [0.2, 0.25) is 0 Å². The maximum absolute atomic E-state index is 13.0. The first-order valence-corrected chi connectivity index (χ1v) is 4.67. The van der Waals surface area contributed by atoms with Crippen molar-refractivity contribution in [2.24, 2.45) is 0 Å². The fraction of sp³-hybridized carbons (Fsp3) is 0.182. The summed E-state index contributed by atoms with van der Waals surface area (Å²) < 4.78 is 14.7. The van der Waals surface area contributed by atoms with Crippen LogP contribution in [0.5, 0.6) is 0 Å². The first-order chi connectivity index (χ1) is 7.09. The maximum Gasteiger partial charge on any atom is 0.125 e. The fourth-order valence-electron chi connectivity index (χ4n) is 1.51. The van der Waals surface area contributed by atoms with Crippen LogP contribution in [-0.4, -0.2) is 9.78 Å². The summed E-state index contributed by atoms with van der Waals surface area (Å²) in [6.07, 6.45) is 0. The molecule has 0 radical (unpaired) electrons. The van der Waals surface area contributed by atoms with Crippen LogP contribution in [0.15, 0.2) is 24.3 Å². The van der Waals surface area contributed by atoms with E-state index >= 15 is 0 Å². The van der Waals surface area contributed by atoms with Crippen LogP contribution in [0.25, 0.3) is 5.69 Å². The minimum Gasteiger partial charge on any atom is -0.396 e. The van der Waals surface area contributed by atoms with Crippen LogP contribution in [0.2, 0.25) is 0 Å². The Hall–Kier alpha value is -1.55. The van der Waals surface area contributed by atoms with Crippen LogP contribution in [0.4, 0.5) is 10.1 Å². The largest absolute Gasteiger partial charge is 0.396 e. The summed E-state index contributed by atoms with van der Waals surface area (Å²) in [5, 5.41) is 4.25. The molecule has 0 amide bonds. The molecule has 2 N–H and O–H groups in total. The van der Waals surface area contributed by atoms with Crippen LogP contribution in [0.1, 0.15) is 11.4 Å². The quantitative estimate of drug-likeness (QED) is 0.834. The van der Waals surface area contributed by atoms with E-state index in [1.165, 1.54) is 12.1 Å². The zero-order chi connectivity index (χ0) is 11.0. The lowest BCUT2D eigenvalue weighted by molar-refractivity contribution is 0.625. The predicted octanol–water partition coefficient (Wildman–Crippen LogP) is 2.63. The van der Waals surface area contributed by atoms with Crippen LogP contribution >= 0.6 is 12.4 Å². The standard InChI is InChI=1S/C11H12FN3.ClH/c1-7-11(13)8(2)15(14-7)10-5-3-4-9(12)6-10;/h3-6H,13H2,1-2H3;1H. The highest BCUT2D eigenvalue weighted by atomic mass is 35.5. The lowest BCUT2D eigenvalue weighted by Crippen LogP contribution is -1.99. The molecule has 0 aliphatic carbocycles. The summed E-state index contributed by atoms with van der Waals surface area (Å²) in [6.45, 7) is 3.69. The zero-order valence-electron chi connectivity index (χ0n) is 9.07. The van der Waals surface area contributed by atoms with E-state index in [1.54, 1.807) is 16.8 Å².